The fourth-order valence-electron chi connectivity index (χ4n) is 4.47. The number of nitrogens with zero attached hydrogens (tertiary/aromatic N) is 1. The molecule has 0 fully saturated rings. The molecule has 6 heteroatoms. The largest absolute Gasteiger partial charge is 0.493 e. The Morgan fingerprint density at radius 1 is 1.06 bits per heavy atom. The lowest BCUT2D eigenvalue weighted by atomic mass is 10.1. The van der Waals surface area contributed by atoms with Gasteiger partial charge in [0.1, 0.15) is 12.6 Å². The summed E-state index contributed by atoms with van der Waals surface area (Å²) in [5, 5.41) is 11.9. The predicted octanol–water partition coefficient (Wildman–Crippen LogP) is 3.62. The molecule has 0 aliphatic carbocycles. The summed E-state index contributed by atoms with van der Waals surface area (Å²) >= 11 is 0. The van der Waals surface area contributed by atoms with E-state index in [-0.39, 0.29) is 5.78 Å². The number of carbonyl (C=O) groups is 1. The number of aliphatic hydroxyl groups excluding tert-OH is 1. The summed E-state index contributed by atoms with van der Waals surface area (Å²) in [6, 6.07) is 13.2. The number of quaternary nitrogens is 1. The average molecular weight is 466 g/mol. The Kier molecular flexibility index (Phi) is 9.31. The van der Waals surface area contributed by atoms with Crippen LogP contribution in [-0.4, -0.2) is 55.4 Å². The van der Waals surface area contributed by atoms with Crippen LogP contribution >= 0.6 is 0 Å². The van der Waals surface area contributed by atoms with E-state index >= 15 is 0 Å². The second-order valence-corrected chi connectivity index (χ2v) is 8.63. The van der Waals surface area contributed by atoms with Crippen molar-refractivity contribution >= 4 is 22.8 Å². The van der Waals surface area contributed by atoms with Gasteiger partial charge in [-0.25, -0.2) is 0 Å². The van der Waals surface area contributed by atoms with E-state index in [1.807, 2.05) is 30.5 Å². The Hall–Kier alpha value is -3.09. The van der Waals surface area contributed by atoms with E-state index in [0.29, 0.717) is 23.6 Å². The zero-order chi connectivity index (χ0) is 24.5. The summed E-state index contributed by atoms with van der Waals surface area (Å²) in [5.74, 6) is 0.994. The van der Waals surface area contributed by atoms with Gasteiger partial charge in [0, 0.05) is 28.2 Å². The van der Waals surface area contributed by atoms with Crippen LogP contribution in [0.25, 0.3) is 17.0 Å². The van der Waals surface area contributed by atoms with Gasteiger partial charge in [-0.2, -0.15) is 0 Å². The zero-order valence-electron chi connectivity index (χ0n) is 20.7. The third kappa shape index (κ3) is 6.27. The van der Waals surface area contributed by atoms with Crippen molar-refractivity contribution in [1.82, 2.24) is 4.57 Å². The third-order valence-corrected chi connectivity index (χ3v) is 6.04. The number of hydrogen-bond donors (Lipinski definition) is 2. The standard InChI is InChI=1S/C28H36N2O4/c1-5-15-29(16-6-2)19-23(31)20-30-18-22(24-9-7-8-10-25(24)30)11-13-26(32)21-12-14-27(33-3)28(17-21)34-4/h7-14,17-18,23,31H,5-6,15-16,19-20H2,1-4H3/p+1/b13-11+/t23-/m1/s1. The average Bonchev–Trinajstić information content (AvgIpc) is 3.19. The number of carbonyl (C=O) groups excluding carboxylic acids is 1. The van der Waals surface area contributed by atoms with Crippen LogP contribution < -0.4 is 14.4 Å². The van der Waals surface area contributed by atoms with Gasteiger partial charge in [0.25, 0.3) is 0 Å². The number of rotatable bonds is 13. The summed E-state index contributed by atoms with van der Waals surface area (Å²) < 4.78 is 12.7. The van der Waals surface area contributed by atoms with Crippen LogP contribution in [0.15, 0.2) is 54.7 Å². The summed E-state index contributed by atoms with van der Waals surface area (Å²) in [4.78, 5) is 14.3. The number of ether oxygens (including phenoxy) is 2. The first-order valence-electron chi connectivity index (χ1n) is 12.0. The molecule has 0 unspecified atom stereocenters. The molecule has 3 rings (SSSR count). The lowest BCUT2D eigenvalue weighted by Gasteiger charge is -2.22. The second-order valence-electron chi connectivity index (χ2n) is 8.63. The fraction of sp³-hybridized carbons (Fsp3) is 0.393. The molecule has 3 aromatic rings. The fourth-order valence-corrected chi connectivity index (χ4v) is 4.47. The number of benzene rings is 2. The number of hydrogen-bond acceptors (Lipinski definition) is 4. The zero-order valence-corrected chi connectivity index (χ0v) is 20.7. The molecule has 1 aromatic heterocycles. The maximum atomic E-state index is 12.8. The molecule has 6 nitrogen and oxygen atoms in total. The minimum atomic E-state index is -0.436. The van der Waals surface area contributed by atoms with Gasteiger partial charge in [-0.1, -0.05) is 32.0 Å². The maximum Gasteiger partial charge on any atom is 0.185 e. The highest BCUT2D eigenvalue weighted by Crippen LogP contribution is 2.28. The molecule has 0 aliphatic heterocycles. The molecule has 34 heavy (non-hydrogen) atoms. The third-order valence-electron chi connectivity index (χ3n) is 6.04. The minimum absolute atomic E-state index is 0.115. The van der Waals surface area contributed by atoms with E-state index in [1.165, 1.54) is 4.90 Å². The number of methoxy groups -OCH3 is 2. The highest BCUT2D eigenvalue weighted by Gasteiger charge is 2.16. The number of fused-ring (bicyclic) bond motifs is 1. The van der Waals surface area contributed by atoms with Crippen LogP contribution in [0.1, 0.15) is 42.6 Å². The smallest absolute Gasteiger partial charge is 0.185 e. The van der Waals surface area contributed by atoms with Crippen LogP contribution in [-0.2, 0) is 6.54 Å². The lowest BCUT2D eigenvalue weighted by molar-refractivity contribution is -0.903. The molecule has 0 bridgehead atoms. The second kappa shape index (κ2) is 12.4. The van der Waals surface area contributed by atoms with E-state index in [2.05, 4.69) is 24.5 Å². The molecule has 182 valence electrons. The van der Waals surface area contributed by atoms with Gasteiger partial charge in [0.05, 0.1) is 33.9 Å². The maximum absolute atomic E-state index is 12.8. The van der Waals surface area contributed by atoms with Crippen molar-refractivity contribution in [3.05, 3.63) is 65.9 Å². The topological polar surface area (TPSA) is 65.1 Å². The first-order valence-corrected chi connectivity index (χ1v) is 12.0. The van der Waals surface area contributed by atoms with Gasteiger partial charge in [-0.15, -0.1) is 0 Å². The van der Waals surface area contributed by atoms with Crippen LogP contribution in [0.4, 0.5) is 0 Å². The first-order chi connectivity index (χ1) is 16.5. The molecule has 2 N–H and O–H groups in total. The van der Waals surface area contributed by atoms with Crippen molar-refractivity contribution in [3.8, 4) is 11.5 Å². The van der Waals surface area contributed by atoms with Gasteiger partial charge in [-0.05, 0) is 49.3 Å². The Labute approximate surface area is 202 Å². The van der Waals surface area contributed by atoms with Crippen molar-refractivity contribution < 1.29 is 24.3 Å². The summed E-state index contributed by atoms with van der Waals surface area (Å²) in [7, 11) is 3.12. The predicted molar refractivity (Wildman–Crippen MR) is 137 cm³/mol. The molecule has 2 aromatic carbocycles. The normalized spacial score (nSPS) is 12.5. The van der Waals surface area contributed by atoms with E-state index < -0.39 is 6.10 Å². The van der Waals surface area contributed by atoms with Gasteiger partial charge in [0.15, 0.2) is 17.3 Å². The number of para-hydroxylation sites is 1. The molecular formula is C28H37N2O4+. The molecule has 0 saturated heterocycles. The number of aliphatic hydroxyl groups is 1. The van der Waals surface area contributed by atoms with E-state index in [4.69, 9.17) is 9.47 Å². The molecule has 1 atom stereocenters. The summed E-state index contributed by atoms with van der Waals surface area (Å²) in [6.07, 6.45) is 7.23. The Morgan fingerprint density at radius 3 is 2.44 bits per heavy atom. The number of allylic oxidation sites excluding steroid dienone is 1. The summed E-state index contributed by atoms with van der Waals surface area (Å²) in [5.41, 5.74) is 2.53. The molecule has 0 aliphatic rings. The van der Waals surface area contributed by atoms with Crippen molar-refractivity contribution in [2.45, 2.75) is 39.3 Å². The van der Waals surface area contributed by atoms with Gasteiger partial charge >= 0.3 is 0 Å². The SMILES string of the molecule is CCC[NH+](CCC)C[C@@H](O)Cn1cc(/C=C/C(=O)c2ccc(OC)c(OC)c2)c2ccccc21. The van der Waals surface area contributed by atoms with Crippen molar-refractivity contribution in [2.24, 2.45) is 0 Å². The molecule has 0 saturated carbocycles. The lowest BCUT2D eigenvalue weighted by Crippen LogP contribution is -3.13. The Bertz CT molecular complexity index is 1110. The molecule has 0 radical (unpaired) electrons. The van der Waals surface area contributed by atoms with E-state index in [1.54, 1.807) is 38.5 Å². The number of ketones is 1. The first kappa shape index (κ1) is 25.5. The van der Waals surface area contributed by atoms with Crippen LogP contribution in [0.2, 0.25) is 0 Å². The van der Waals surface area contributed by atoms with Gasteiger partial charge < -0.3 is 24.0 Å². The van der Waals surface area contributed by atoms with Crippen LogP contribution in [0, 0.1) is 0 Å². The Morgan fingerprint density at radius 2 is 1.76 bits per heavy atom. The van der Waals surface area contributed by atoms with E-state index in [0.717, 1.165) is 48.9 Å². The molecular weight excluding hydrogens is 428 g/mol. The molecule has 1 heterocycles. The van der Waals surface area contributed by atoms with E-state index in [9.17, 15) is 9.90 Å². The highest BCUT2D eigenvalue weighted by molar-refractivity contribution is 6.08. The monoisotopic (exact) mass is 465 g/mol. The van der Waals surface area contributed by atoms with Gasteiger partial charge in [-0.3, -0.25) is 4.79 Å². The minimum Gasteiger partial charge on any atom is -0.493 e. The Balaban J connectivity index is 1.80. The van der Waals surface area contributed by atoms with Crippen molar-refractivity contribution in [3.63, 3.8) is 0 Å². The van der Waals surface area contributed by atoms with Crippen LogP contribution in [0.5, 0.6) is 11.5 Å². The van der Waals surface area contributed by atoms with Crippen molar-refractivity contribution in [1.29, 1.82) is 0 Å². The molecule has 0 spiro atoms. The van der Waals surface area contributed by atoms with Gasteiger partial charge in [0.2, 0.25) is 0 Å². The van der Waals surface area contributed by atoms with Crippen LogP contribution in [0.3, 0.4) is 0 Å². The quantitative estimate of drug-likeness (QED) is 0.299. The highest BCUT2D eigenvalue weighted by atomic mass is 16.5. The van der Waals surface area contributed by atoms with Crippen molar-refractivity contribution in [2.75, 3.05) is 33.9 Å². The summed E-state index contributed by atoms with van der Waals surface area (Å²) in [6.45, 7) is 7.77. The number of aromatic nitrogens is 1. The number of nitrogens with one attached hydrogen (secondary N) is 1. The molecule has 0 amide bonds.